The van der Waals surface area contributed by atoms with Crippen molar-refractivity contribution in [1.82, 2.24) is 0 Å². The van der Waals surface area contributed by atoms with Gasteiger partial charge in [0.05, 0.1) is 6.10 Å². The van der Waals surface area contributed by atoms with E-state index >= 15 is 0 Å². The van der Waals surface area contributed by atoms with Gasteiger partial charge in [0.2, 0.25) is 0 Å². The highest BCUT2D eigenvalue weighted by molar-refractivity contribution is 6.01. The summed E-state index contributed by atoms with van der Waals surface area (Å²) >= 11 is 0. The fourth-order valence-corrected chi connectivity index (χ4v) is 3.39. The van der Waals surface area contributed by atoms with Crippen molar-refractivity contribution in [2.24, 2.45) is 5.41 Å². The van der Waals surface area contributed by atoms with Gasteiger partial charge in [-0.05, 0) is 43.1 Å². The Bertz CT molecular complexity index is 409. The lowest BCUT2D eigenvalue weighted by molar-refractivity contribution is -0.112. The van der Waals surface area contributed by atoms with Crippen LogP contribution < -0.4 is 0 Å². The van der Waals surface area contributed by atoms with Crippen LogP contribution >= 0.6 is 0 Å². The van der Waals surface area contributed by atoms with Gasteiger partial charge in [0.15, 0.2) is 5.78 Å². The molecular formula is C13H16O3. The normalized spacial score (nSPS) is 46.2. The molecule has 2 aliphatic carbocycles. The van der Waals surface area contributed by atoms with Crippen LogP contribution in [0.3, 0.4) is 0 Å². The standard InChI is InChI=1S/C13H16O3/c1-12-6-7-16-13(12)5-4-10(14)8-9(13)2-3-11(12)15/h4-5,8,11,15H,2-3,6-7H2,1H3/t11-,12+,13-/m1/s1. The summed E-state index contributed by atoms with van der Waals surface area (Å²) in [6.07, 6.45) is 7.12. The summed E-state index contributed by atoms with van der Waals surface area (Å²) in [5, 5.41) is 10.2. The third-order valence-electron chi connectivity index (χ3n) is 4.50. The number of carbonyl (C=O) groups is 1. The third-order valence-corrected chi connectivity index (χ3v) is 4.50. The maximum atomic E-state index is 11.4. The highest BCUT2D eigenvalue weighted by Gasteiger charge is 2.60. The first-order valence-corrected chi connectivity index (χ1v) is 5.85. The molecule has 0 bridgehead atoms. The first-order chi connectivity index (χ1) is 7.58. The zero-order chi connectivity index (χ0) is 11.4. The number of hydrogen-bond donors (Lipinski definition) is 1. The number of aliphatic hydroxyl groups is 1. The molecule has 0 radical (unpaired) electrons. The van der Waals surface area contributed by atoms with Gasteiger partial charge in [0.25, 0.3) is 0 Å². The number of hydrogen-bond acceptors (Lipinski definition) is 3. The second-order valence-corrected chi connectivity index (χ2v) is 5.21. The van der Waals surface area contributed by atoms with Crippen molar-refractivity contribution in [2.75, 3.05) is 6.61 Å². The Hall–Kier alpha value is -0.930. The van der Waals surface area contributed by atoms with Crippen molar-refractivity contribution in [3.63, 3.8) is 0 Å². The Labute approximate surface area is 94.8 Å². The molecule has 3 rings (SSSR count). The van der Waals surface area contributed by atoms with Gasteiger partial charge in [0.1, 0.15) is 5.60 Å². The van der Waals surface area contributed by atoms with E-state index in [0.29, 0.717) is 6.61 Å². The molecule has 1 spiro atoms. The van der Waals surface area contributed by atoms with Gasteiger partial charge in [-0.15, -0.1) is 0 Å². The minimum absolute atomic E-state index is 0.0369. The lowest BCUT2D eigenvalue weighted by Crippen LogP contribution is -2.54. The van der Waals surface area contributed by atoms with Crippen LogP contribution in [0.5, 0.6) is 0 Å². The molecule has 3 nitrogen and oxygen atoms in total. The monoisotopic (exact) mass is 220 g/mol. The average molecular weight is 220 g/mol. The SMILES string of the molecule is C[C@@]12CCO[C@@]13C=CC(=O)C=C3CC[C@H]2O. The molecule has 1 saturated carbocycles. The van der Waals surface area contributed by atoms with E-state index in [2.05, 4.69) is 6.92 Å². The molecule has 86 valence electrons. The summed E-state index contributed by atoms with van der Waals surface area (Å²) in [7, 11) is 0. The van der Waals surface area contributed by atoms with Crippen LogP contribution in [-0.4, -0.2) is 29.2 Å². The van der Waals surface area contributed by atoms with Crippen LogP contribution in [0, 0.1) is 5.41 Å². The van der Waals surface area contributed by atoms with Crippen molar-refractivity contribution in [2.45, 2.75) is 37.9 Å². The maximum Gasteiger partial charge on any atom is 0.178 e. The predicted molar refractivity (Wildman–Crippen MR) is 58.9 cm³/mol. The largest absolute Gasteiger partial charge is 0.392 e. The van der Waals surface area contributed by atoms with Crippen molar-refractivity contribution >= 4 is 5.78 Å². The van der Waals surface area contributed by atoms with Crippen molar-refractivity contribution < 1.29 is 14.6 Å². The first-order valence-electron chi connectivity index (χ1n) is 5.85. The molecule has 3 atom stereocenters. The van der Waals surface area contributed by atoms with E-state index < -0.39 is 5.60 Å². The zero-order valence-electron chi connectivity index (χ0n) is 9.40. The van der Waals surface area contributed by atoms with Gasteiger partial charge < -0.3 is 9.84 Å². The molecule has 0 amide bonds. The van der Waals surface area contributed by atoms with Gasteiger partial charge >= 0.3 is 0 Å². The Morgan fingerprint density at radius 3 is 3.19 bits per heavy atom. The lowest BCUT2D eigenvalue weighted by Gasteiger charge is -2.49. The van der Waals surface area contributed by atoms with Gasteiger partial charge in [-0.1, -0.05) is 6.92 Å². The maximum absolute atomic E-state index is 11.4. The lowest BCUT2D eigenvalue weighted by atomic mass is 9.59. The number of ketones is 1. The molecule has 16 heavy (non-hydrogen) atoms. The predicted octanol–water partition coefficient (Wildman–Crippen LogP) is 1.37. The molecule has 1 N–H and O–H groups in total. The molecule has 1 heterocycles. The minimum atomic E-state index is -0.515. The molecule has 3 aliphatic rings. The summed E-state index contributed by atoms with van der Waals surface area (Å²) in [6, 6.07) is 0. The minimum Gasteiger partial charge on any atom is -0.392 e. The van der Waals surface area contributed by atoms with Gasteiger partial charge in [-0.25, -0.2) is 0 Å². The van der Waals surface area contributed by atoms with E-state index in [1.165, 1.54) is 0 Å². The molecular weight excluding hydrogens is 204 g/mol. The zero-order valence-corrected chi connectivity index (χ0v) is 9.40. The fourth-order valence-electron chi connectivity index (χ4n) is 3.39. The Kier molecular flexibility index (Phi) is 1.95. The third kappa shape index (κ3) is 1.03. The summed E-state index contributed by atoms with van der Waals surface area (Å²) in [4.78, 5) is 11.4. The average Bonchev–Trinajstić information content (AvgIpc) is 2.60. The molecule has 0 aromatic heterocycles. The highest BCUT2D eigenvalue weighted by atomic mass is 16.5. The number of aliphatic hydroxyl groups excluding tert-OH is 1. The molecule has 0 aromatic carbocycles. The second kappa shape index (κ2) is 3.05. The second-order valence-electron chi connectivity index (χ2n) is 5.21. The smallest absolute Gasteiger partial charge is 0.178 e. The highest BCUT2D eigenvalue weighted by Crippen LogP contribution is 2.56. The Balaban J connectivity index is 2.14. The van der Waals surface area contributed by atoms with Gasteiger partial charge in [-0.3, -0.25) is 4.79 Å². The topological polar surface area (TPSA) is 46.5 Å². The van der Waals surface area contributed by atoms with E-state index in [1.54, 1.807) is 12.2 Å². The number of rotatable bonds is 0. The van der Waals surface area contributed by atoms with Gasteiger partial charge in [-0.2, -0.15) is 0 Å². The van der Waals surface area contributed by atoms with Crippen LogP contribution in [0.15, 0.2) is 23.8 Å². The molecule has 0 aromatic rings. The van der Waals surface area contributed by atoms with Crippen molar-refractivity contribution in [3.05, 3.63) is 23.8 Å². The molecule has 3 heteroatoms. The van der Waals surface area contributed by atoms with Crippen LogP contribution in [0.25, 0.3) is 0 Å². The Morgan fingerprint density at radius 1 is 1.56 bits per heavy atom. The molecule has 2 fully saturated rings. The van der Waals surface area contributed by atoms with E-state index in [4.69, 9.17) is 4.74 Å². The molecule has 1 aliphatic heterocycles. The molecule has 1 saturated heterocycles. The first kappa shape index (κ1) is 10.2. The van der Waals surface area contributed by atoms with Crippen LogP contribution in [0.2, 0.25) is 0 Å². The van der Waals surface area contributed by atoms with E-state index in [-0.39, 0.29) is 17.3 Å². The van der Waals surface area contributed by atoms with E-state index in [0.717, 1.165) is 24.8 Å². The van der Waals surface area contributed by atoms with E-state index in [9.17, 15) is 9.90 Å². The summed E-state index contributed by atoms with van der Waals surface area (Å²) in [5.41, 5.74) is 0.262. The number of allylic oxidation sites excluding steroid dienone is 2. The quantitative estimate of drug-likeness (QED) is 0.670. The van der Waals surface area contributed by atoms with E-state index in [1.807, 2.05) is 6.08 Å². The molecule has 0 unspecified atom stereocenters. The van der Waals surface area contributed by atoms with Crippen LogP contribution in [-0.2, 0) is 9.53 Å². The number of carbonyl (C=O) groups excluding carboxylic acids is 1. The van der Waals surface area contributed by atoms with Gasteiger partial charge in [0, 0.05) is 12.0 Å². The summed E-state index contributed by atoms with van der Waals surface area (Å²) < 4.78 is 5.90. The van der Waals surface area contributed by atoms with Crippen molar-refractivity contribution in [1.29, 1.82) is 0 Å². The van der Waals surface area contributed by atoms with Crippen molar-refractivity contribution in [3.8, 4) is 0 Å². The fraction of sp³-hybridized carbons (Fsp3) is 0.615. The van der Waals surface area contributed by atoms with Crippen LogP contribution in [0.1, 0.15) is 26.2 Å². The summed E-state index contributed by atoms with van der Waals surface area (Å²) in [6.45, 7) is 2.72. The Morgan fingerprint density at radius 2 is 2.38 bits per heavy atom. The summed E-state index contributed by atoms with van der Waals surface area (Å²) in [5.74, 6) is 0.0369. The van der Waals surface area contributed by atoms with Crippen LogP contribution in [0.4, 0.5) is 0 Å². The number of ether oxygens (including phenoxy) is 1.